The number of hydrogen-bond acceptors (Lipinski definition) is 3. The predicted molar refractivity (Wildman–Crippen MR) is 71.7 cm³/mol. The molecule has 0 bridgehead atoms. The number of benzene rings is 1. The minimum Gasteiger partial charge on any atom is -0.389 e. The van der Waals surface area contributed by atoms with Gasteiger partial charge in [-0.1, -0.05) is 43.5 Å². The zero-order valence-electron chi connectivity index (χ0n) is 10.6. The molecule has 0 radical (unpaired) electrons. The summed E-state index contributed by atoms with van der Waals surface area (Å²) in [6, 6.07) is 7.40. The van der Waals surface area contributed by atoms with Gasteiger partial charge in [-0.3, -0.25) is 4.79 Å². The Morgan fingerprint density at radius 2 is 1.83 bits per heavy atom. The Hall–Kier alpha value is -1.19. The number of rotatable bonds is 4. The van der Waals surface area contributed by atoms with E-state index in [2.05, 4.69) is 0 Å². The van der Waals surface area contributed by atoms with Crippen LogP contribution in [0.1, 0.15) is 53.9 Å². The number of nitrogens with two attached hydrogens (primary N) is 1. The minimum absolute atomic E-state index is 0.0292. The Morgan fingerprint density at radius 1 is 1.22 bits per heavy atom. The van der Waals surface area contributed by atoms with E-state index in [4.69, 9.17) is 5.73 Å². The average Bonchev–Trinajstić information content (AvgIpc) is 2.41. The molecule has 3 nitrogen and oxygen atoms in total. The molecule has 0 aromatic heterocycles. The van der Waals surface area contributed by atoms with Gasteiger partial charge in [0.25, 0.3) is 0 Å². The molecular weight excluding hydrogens is 226 g/mol. The second-order valence-corrected chi connectivity index (χ2v) is 5.24. The molecule has 98 valence electrons. The molecule has 0 amide bonds. The third-order valence-electron chi connectivity index (χ3n) is 4.08. The number of carbonyl (C=O) groups excluding carboxylic acids is 1. The highest BCUT2D eigenvalue weighted by atomic mass is 16.3. The van der Waals surface area contributed by atoms with Crippen molar-refractivity contribution >= 4 is 6.29 Å². The second kappa shape index (κ2) is 5.63. The number of aldehydes is 1. The normalized spacial score (nSPS) is 20.3. The predicted octanol–water partition coefficient (Wildman–Crippen LogP) is 2.24. The lowest BCUT2D eigenvalue weighted by Gasteiger charge is -2.39. The molecule has 0 spiro atoms. The van der Waals surface area contributed by atoms with Crippen molar-refractivity contribution in [3.05, 3.63) is 35.4 Å². The minimum atomic E-state index is -0.671. The summed E-state index contributed by atoms with van der Waals surface area (Å²) in [5.74, 6) is -0.0292. The lowest BCUT2D eigenvalue weighted by atomic mass is 9.73. The summed E-state index contributed by atoms with van der Waals surface area (Å²) in [6.07, 6.45) is 5.81. The molecule has 0 heterocycles. The van der Waals surface area contributed by atoms with Gasteiger partial charge in [-0.2, -0.15) is 0 Å². The van der Waals surface area contributed by atoms with E-state index in [9.17, 15) is 9.90 Å². The lowest BCUT2D eigenvalue weighted by molar-refractivity contribution is -0.0194. The Kier molecular flexibility index (Phi) is 4.15. The molecule has 1 aliphatic rings. The first-order chi connectivity index (χ1) is 8.69. The molecule has 0 saturated heterocycles. The summed E-state index contributed by atoms with van der Waals surface area (Å²) >= 11 is 0. The van der Waals surface area contributed by atoms with E-state index in [1.54, 1.807) is 12.1 Å². The molecule has 1 aliphatic carbocycles. The number of aliphatic hydroxyl groups is 1. The monoisotopic (exact) mass is 247 g/mol. The van der Waals surface area contributed by atoms with Crippen LogP contribution in [0.5, 0.6) is 0 Å². The van der Waals surface area contributed by atoms with Crippen molar-refractivity contribution in [2.24, 2.45) is 5.73 Å². The highest BCUT2D eigenvalue weighted by Gasteiger charge is 2.37. The van der Waals surface area contributed by atoms with Crippen LogP contribution >= 0.6 is 0 Å². The molecule has 3 heteroatoms. The van der Waals surface area contributed by atoms with Crippen LogP contribution in [0.25, 0.3) is 0 Å². The van der Waals surface area contributed by atoms with Crippen LogP contribution in [0.2, 0.25) is 0 Å². The van der Waals surface area contributed by atoms with Crippen LogP contribution in [-0.4, -0.2) is 23.5 Å². The Labute approximate surface area is 108 Å². The topological polar surface area (TPSA) is 63.3 Å². The maximum Gasteiger partial charge on any atom is 0.150 e. The van der Waals surface area contributed by atoms with E-state index in [-0.39, 0.29) is 5.92 Å². The molecule has 1 saturated carbocycles. The van der Waals surface area contributed by atoms with E-state index < -0.39 is 5.60 Å². The standard InChI is InChI=1S/C15H21NO2/c16-10-14(15(18)8-2-1-3-9-15)13-6-4-12(11-17)5-7-13/h4-7,11,14,18H,1-3,8-10,16H2. The van der Waals surface area contributed by atoms with E-state index >= 15 is 0 Å². The fraction of sp³-hybridized carbons (Fsp3) is 0.533. The molecule has 18 heavy (non-hydrogen) atoms. The van der Waals surface area contributed by atoms with E-state index in [1.807, 2.05) is 12.1 Å². The first-order valence-corrected chi connectivity index (χ1v) is 6.67. The molecule has 0 aliphatic heterocycles. The molecule has 3 N–H and O–H groups in total. The van der Waals surface area contributed by atoms with E-state index in [0.29, 0.717) is 12.1 Å². The third-order valence-corrected chi connectivity index (χ3v) is 4.08. The van der Waals surface area contributed by atoms with Crippen LogP contribution in [0.15, 0.2) is 24.3 Å². The van der Waals surface area contributed by atoms with Crippen molar-refractivity contribution < 1.29 is 9.90 Å². The average molecular weight is 247 g/mol. The quantitative estimate of drug-likeness (QED) is 0.802. The fourth-order valence-electron chi connectivity index (χ4n) is 2.99. The summed E-state index contributed by atoms with van der Waals surface area (Å²) in [7, 11) is 0. The van der Waals surface area contributed by atoms with Crippen molar-refractivity contribution in [2.75, 3.05) is 6.54 Å². The molecule has 1 aromatic rings. The second-order valence-electron chi connectivity index (χ2n) is 5.24. The van der Waals surface area contributed by atoms with E-state index in [0.717, 1.165) is 37.5 Å². The maximum absolute atomic E-state index is 10.8. The molecule has 1 unspecified atom stereocenters. The summed E-state index contributed by atoms with van der Waals surface area (Å²) < 4.78 is 0. The van der Waals surface area contributed by atoms with Crippen LogP contribution in [0.3, 0.4) is 0 Å². The first-order valence-electron chi connectivity index (χ1n) is 6.67. The Morgan fingerprint density at radius 3 is 2.33 bits per heavy atom. The van der Waals surface area contributed by atoms with Crippen molar-refractivity contribution in [3.63, 3.8) is 0 Å². The van der Waals surface area contributed by atoms with Crippen LogP contribution in [0.4, 0.5) is 0 Å². The number of carbonyl (C=O) groups is 1. The van der Waals surface area contributed by atoms with Gasteiger partial charge in [-0.15, -0.1) is 0 Å². The summed E-state index contributed by atoms with van der Waals surface area (Å²) in [5.41, 5.74) is 6.88. The Bertz CT molecular complexity index is 393. The summed E-state index contributed by atoms with van der Waals surface area (Å²) in [5, 5.41) is 10.8. The largest absolute Gasteiger partial charge is 0.389 e. The van der Waals surface area contributed by atoms with Crippen LogP contribution < -0.4 is 5.73 Å². The van der Waals surface area contributed by atoms with Crippen LogP contribution in [0, 0.1) is 0 Å². The summed E-state index contributed by atoms with van der Waals surface area (Å²) in [6.45, 7) is 0.441. The van der Waals surface area contributed by atoms with Crippen molar-refractivity contribution in [3.8, 4) is 0 Å². The van der Waals surface area contributed by atoms with E-state index in [1.165, 1.54) is 6.42 Å². The zero-order valence-corrected chi connectivity index (χ0v) is 10.6. The van der Waals surface area contributed by atoms with Gasteiger partial charge in [0, 0.05) is 18.0 Å². The Balaban J connectivity index is 2.23. The van der Waals surface area contributed by atoms with Gasteiger partial charge >= 0.3 is 0 Å². The molecular formula is C15H21NO2. The fourth-order valence-corrected chi connectivity index (χ4v) is 2.99. The van der Waals surface area contributed by atoms with Crippen LogP contribution in [-0.2, 0) is 0 Å². The maximum atomic E-state index is 10.8. The van der Waals surface area contributed by atoms with Crippen molar-refractivity contribution in [2.45, 2.75) is 43.6 Å². The van der Waals surface area contributed by atoms with Gasteiger partial charge < -0.3 is 10.8 Å². The smallest absolute Gasteiger partial charge is 0.150 e. The number of hydrogen-bond donors (Lipinski definition) is 2. The zero-order chi connectivity index (χ0) is 13.0. The molecule has 2 rings (SSSR count). The molecule has 1 fully saturated rings. The molecule has 1 atom stereocenters. The molecule has 1 aromatic carbocycles. The highest BCUT2D eigenvalue weighted by Crippen LogP contribution is 2.39. The first kappa shape index (κ1) is 13.2. The van der Waals surface area contributed by atoms with Crippen molar-refractivity contribution in [1.29, 1.82) is 0 Å². The summed E-state index contributed by atoms with van der Waals surface area (Å²) in [4.78, 5) is 10.6. The third kappa shape index (κ3) is 2.62. The van der Waals surface area contributed by atoms with Gasteiger partial charge in [0.1, 0.15) is 6.29 Å². The van der Waals surface area contributed by atoms with Crippen molar-refractivity contribution in [1.82, 2.24) is 0 Å². The van der Waals surface area contributed by atoms with Gasteiger partial charge in [0.05, 0.1) is 5.60 Å². The van der Waals surface area contributed by atoms with Gasteiger partial charge in [0.2, 0.25) is 0 Å². The highest BCUT2D eigenvalue weighted by molar-refractivity contribution is 5.74. The SMILES string of the molecule is NCC(c1ccc(C=O)cc1)C1(O)CCCCC1. The van der Waals surface area contributed by atoms with Gasteiger partial charge in [-0.25, -0.2) is 0 Å². The van der Waals surface area contributed by atoms with Gasteiger partial charge in [-0.05, 0) is 18.4 Å². The lowest BCUT2D eigenvalue weighted by Crippen LogP contribution is -2.41. The van der Waals surface area contributed by atoms with Gasteiger partial charge in [0.15, 0.2) is 0 Å².